The van der Waals surface area contributed by atoms with Gasteiger partial charge < -0.3 is 10.8 Å². The quantitative estimate of drug-likeness (QED) is 0.864. The largest absolute Gasteiger partial charge is 0.388 e. The fourth-order valence-electron chi connectivity index (χ4n) is 2.14. The Morgan fingerprint density at radius 1 is 0.944 bits per heavy atom. The first-order valence-corrected chi connectivity index (χ1v) is 6.22. The second-order valence-corrected chi connectivity index (χ2v) is 4.61. The van der Waals surface area contributed by atoms with E-state index in [1.165, 1.54) is 5.56 Å². The number of benzene rings is 2. The molecule has 2 atom stereocenters. The number of aryl methyl sites for hydroxylation is 1. The minimum absolute atomic E-state index is 0.0612. The molecule has 2 nitrogen and oxygen atoms in total. The van der Waals surface area contributed by atoms with Crippen molar-refractivity contribution in [3.63, 3.8) is 0 Å². The van der Waals surface area contributed by atoms with E-state index >= 15 is 0 Å². The first-order valence-electron chi connectivity index (χ1n) is 6.22. The van der Waals surface area contributed by atoms with E-state index in [9.17, 15) is 5.11 Å². The number of hydrogen-bond acceptors (Lipinski definition) is 2. The molecule has 0 amide bonds. The molecule has 0 aliphatic rings. The summed E-state index contributed by atoms with van der Waals surface area (Å²) in [7, 11) is 0. The monoisotopic (exact) mass is 241 g/mol. The Labute approximate surface area is 108 Å². The summed E-state index contributed by atoms with van der Waals surface area (Å²) < 4.78 is 0. The van der Waals surface area contributed by atoms with E-state index in [1.54, 1.807) is 0 Å². The molecule has 0 saturated carbocycles. The highest BCUT2D eigenvalue weighted by atomic mass is 16.3. The van der Waals surface area contributed by atoms with Crippen molar-refractivity contribution in [2.75, 3.05) is 6.54 Å². The lowest BCUT2D eigenvalue weighted by Gasteiger charge is -2.22. The first-order chi connectivity index (χ1) is 8.72. The fraction of sp³-hybridized carbons (Fsp3) is 0.250. The Kier molecular flexibility index (Phi) is 4.13. The summed E-state index contributed by atoms with van der Waals surface area (Å²) in [6.45, 7) is 2.47. The van der Waals surface area contributed by atoms with Gasteiger partial charge in [-0.15, -0.1) is 0 Å². The van der Waals surface area contributed by atoms with Crippen LogP contribution in [0.5, 0.6) is 0 Å². The highest BCUT2D eigenvalue weighted by Gasteiger charge is 2.20. The van der Waals surface area contributed by atoms with Gasteiger partial charge in [-0.05, 0) is 18.1 Å². The molecule has 0 spiro atoms. The van der Waals surface area contributed by atoms with E-state index in [4.69, 9.17) is 5.73 Å². The summed E-state index contributed by atoms with van der Waals surface area (Å²) in [5, 5.41) is 10.4. The summed E-state index contributed by atoms with van der Waals surface area (Å²) in [6.07, 6.45) is -0.557. The van der Waals surface area contributed by atoms with Crippen molar-refractivity contribution >= 4 is 0 Å². The van der Waals surface area contributed by atoms with Gasteiger partial charge in [-0.3, -0.25) is 0 Å². The molecule has 2 aromatic rings. The third kappa shape index (κ3) is 2.78. The fourth-order valence-corrected chi connectivity index (χ4v) is 2.14. The standard InChI is InChI=1S/C16H19NO/c1-12-7-9-14(10-8-12)16(18)15(11-17)13-5-3-2-4-6-13/h2-10,15-16,18H,11,17H2,1H3. The molecule has 0 fully saturated rings. The van der Waals surface area contributed by atoms with E-state index < -0.39 is 6.10 Å². The second kappa shape index (κ2) is 5.80. The third-order valence-electron chi connectivity index (χ3n) is 3.28. The van der Waals surface area contributed by atoms with E-state index in [0.29, 0.717) is 6.54 Å². The molecule has 0 heterocycles. The molecule has 18 heavy (non-hydrogen) atoms. The van der Waals surface area contributed by atoms with Crippen molar-refractivity contribution < 1.29 is 5.11 Å². The highest BCUT2D eigenvalue weighted by Crippen LogP contribution is 2.29. The van der Waals surface area contributed by atoms with Gasteiger partial charge in [0.05, 0.1) is 6.10 Å². The van der Waals surface area contributed by atoms with Crippen LogP contribution in [0.25, 0.3) is 0 Å². The van der Waals surface area contributed by atoms with Gasteiger partial charge in [0.25, 0.3) is 0 Å². The van der Waals surface area contributed by atoms with Crippen LogP contribution >= 0.6 is 0 Å². The van der Waals surface area contributed by atoms with Crippen LogP contribution in [0, 0.1) is 6.92 Å². The average Bonchev–Trinajstić information content (AvgIpc) is 2.41. The molecule has 2 unspecified atom stereocenters. The normalized spacial score (nSPS) is 14.2. The lowest BCUT2D eigenvalue weighted by molar-refractivity contribution is 0.147. The SMILES string of the molecule is Cc1ccc(C(O)C(CN)c2ccccc2)cc1. The van der Waals surface area contributed by atoms with Crippen LogP contribution in [0.15, 0.2) is 54.6 Å². The maximum absolute atomic E-state index is 10.4. The van der Waals surface area contributed by atoms with Crippen LogP contribution in [0.2, 0.25) is 0 Å². The van der Waals surface area contributed by atoms with Crippen molar-refractivity contribution in [2.45, 2.75) is 18.9 Å². The molecule has 2 rings (SSSR count). The predicted molar refractivity (Wildman–Crippen MR) is 74.4 cm³/mol. The zero-order chi connectivity index (χ0) is 13.0. The molecule has 0 aromatic heterocycles. The summed E-state index contributed by atoms with van der Waals surface area (Å²) in [4.78, 5) is 0. The van der Waals surface area contributed by atoms with Crippen LogP contribution in [-0.4, -0.2) is 11.7 Å². The smallest absolute Gasteiger partial charge is 0.0870 e. The van der Waals surface area contributed by atoms with Crippen molar-refractivity contribution in [1.29, 1.82) is 0 Å². The van der Waals surface area contributed by atoms with E-state index in [0.717, 1.165) is 11.1 Å². The maximum atomic E-state index is 10.4. The van der Waals surface area contributed by atoms with Crippen molar-refractivity contribution in [3.05, 3.63) is 71.3 Å². The molecule has 94 valence electrons. The minimum atomic E-state index is -0.557. The summed E-state index contributed by atoms with van der Waals surface area (Å²) in [5.41, 5.74) is 9.00. The van der Waals surface area contributed by atoms with Gasteiger partial charge >= 0.3 is 0 Å². The van der Waals surface area contributed by atoms with Crippen LogP contribution < -0.4 is 5.73 Å². The maximum Gasteiger partial charge on any atom is 0.0870 e. The topological polar surface area (TPSA) is 46.2 Å². The Morgan fingerprint density at radius 3 is 2.11 bits per heavy atom. The zero-order valence-electron chi connectivity index (χ0n) is 10.6. The van der Waals surface area contributed by atoms with Gasteiger partial charge in [-0.1, -0.05) is 60.2 Å². The summed E-state index contributed by atoms with van der Waals surface area (Å²) in [6, 6.07) is 17.9. The average molecular weight is 241 g/mol. The Hall–Kier alpha value is -1.64. The Bertz CT molecular complexity index is 478. The molecule has 0 aliphatic heterocycles. The number of nitrogens with two attached hydrogens (primary N) is 1. The first kappa shape index (κ1) is 12.8. The zero-order valence-corrected chi connectivity index (χ0v) is 10.6. The van der Waals surface area contributed by atoms with E-state index in [1.807, 2.05) is 61.5 Å². The third-order valence-corrected chi connectivity index (χ3v) is 3.28. The van der Waals surface area contributed by atoms with Gasteiger partial charge in [0.1, 0.15) is 0 Å². The Balaban J connectivity index is 2.25. The molecule has 2 heteroatoms. The number of hydrogen-bond donors (Lipinski definition) is 2. The highest BCUT2D eigenvalue weighted by molar-refractivity contribution is 5.28. The molecule has 0 bridgehead atoms. The number of aliphatic hydroxyl groups excluding tert-OH is 1. The number of rotatable bonds is 4. The van der Waals surface area contributed by atoms with Crippen molar-refractivity contribution in [2.24, 2.45) is 5.73 Å². The predicted octanol–water partition coefficient (Wildman–Crippen LogP) is 2.77. The molecular weight excluding hydrogens is 222 g/mol. The van der Waals surface area contributed by atoms with Gasteiger partial charge in [0.2, 0.25) is 0 Å². The molecule has 2 aromatic carbocycles. The molecule has 0 aliphatic carbocycles. The summed E-state index contributed by atoms with van der Waals surface area (Å²) in [5.74, 6) is -0.0612. The molecule has 0 saturated heterocycles. The van der Waals surface area contributed by atoms with Crippen molar-refractivity contribution in [1.82, 2.24) is 0 Å². The van der Waals surface area contributed by atoms with E-state index in [2.05, 4.69) is 0 Å². The molecule has 0 radical (unpaired) electrons. The van der Waals surface area contributed by atoms with Crippen molar-refractivity contribution in [3.8, 4) is 0 Å². The van der Waals surface area contributed by atoms with Crippen LogP contribution in [0.4, 0.5) is 0 Å². The second-order valence-electron chi connectivity index (χ2n) is 4.61. The van der Waals surface area contributed by atoms with Crippen LogP contribution in [0.3, 0.4) is 0 Å². The lowest BCUT2D eigenvalue weighted by Crippen LogP contribution is -2.20. The van der Waals surface area contributed by atoms with Gasteiger partial charge in [0.15, 0.2) is 0 Å². The van der Waals surface area contributed by atoms with Crippen LogP contribution in [0.1, 0.15) is 28.7 Å². The van der Waals surface area contributed by atoms with Gasteiger partial charge in [0, 0.05) is 12.5 Å². The minimum Gasteiger partial charge on any atom is -0.388 e. The van der Waals surface area contributed by atoms with Gasteiger partial charge in [-0.2, -0.15) is 0 Å². The van der Waals surface area contributed by atoms with Crippen LogP contribution in [-0.2, 0) is 0 Å². The Morgan fingerprint density at radius 2 is 1.56 bits per heavy atom. The van der Waals surface area contributed by atoms with E-state index in [-0.39, 0.29) is 5.92 Å². The summed E-state index contributed by atoms with van der Waals surface area (Å²) >= 11 is 0. The van der Waals surface area contributed by atoms with Gasteiger partial charge in [-0.25, -0.2) is 0 Å². The number of aliphatic hydroxyl groups is 1. The lowest BCUT2D eigenvalue weighted by atomic mass is 9.89. The molecule has 3 N–H and O–H groups in total. The molecular formula is C16H19NO.